The molecule has 4 rings (SSSR count). The summed E-state index contributed by atoms with van der Waals surface area (Å²) in [5.74, 6) is -0.0270. The minimum absolute atomic E-state index is 0.0520. The number of nitrogens with one attached hydrogen (secondary N) is 2. The number of para-hydroxylation sites is 1. The number of hydrogen-bond acceptors (Lipinski definition) is 5. The molecule has 2 amide bonds. The van der Waals surface area contributed by atoms with Crippen LogP contribution in [0.4, 0.5) is 0 Å². The highest BCUT2D eigenvalue weighted by Gasteiger charge is 2.33. The third-order valence-electron chi connectivity index (χ3n) is 7.64. The van der Waals surface area contributed by atoms with Crippen LogP contribution < -0.4 is 10.6 Å². The summed E-state index contributed by atoms with van der Waals surface area (Å²) in [6.45, 7) is 5.50. The summed E-state index contributed by atoms with van der Waals surface area (Å²) in [5, 5.41) is 6.79. The molecule has 190 valence electrons. The molecule has 0 spiro atoms. The Morgan fingerprint density at radius 2 is 1.89 bits per heavy atom. The molecular formula is C28H39N3O4. The predicted molar refractivity (Wildman–Crippen MR) is 136 cm³/mol. The SMILES string of the molecule is CCCN1CC(=O)C(NC(=O)C(CC2CCCCC2)NC(=O)c2cc3ccccc3o2)CCC1C. The second-order valence-electron chi connectivity index (χ2n) is 10.3. The number of rotatable bonds is 8. The maximum Gasteiger partial charge on any atom is 0.287 e. The fourth-order valence-electron chi connectivity index (χ4n) is 5.54. The number of furan rings is 1. The fraction of sp³-hybridized carbons (Fsp3) is 0.607. The maximum atomic E-state index is 13.4. The van der Waals surface area contributed by atoms with Crippen LogP contribution in [-0.4, -0.2) is 53.7 Å². The third kappa shape index (κ3) is 6.51. The van der Waals surface area contributed by atoms with Gasteiger partial charge >= 0.3 is 0 Å². The van der Waals surface area contributed by atoms with E-state index < -0.39 is 18.0 Å². The minimum Gasteiger partial charge on any atom is -0.451 e. The molecule has 1 saturated carbocycles. The van der Waals surface area contributed by atoms with Gasteiger partial charge in [-0.15, -0.1) is 0 Å². The smallest absolute Gasteiger partial charge is 0.287 e. The number of likely N-dealkylation sites (tertiary alicyclic amines) is 1. The van der Waals surface area contributed by atoms with Gasteiger partial charge in [-0.25, -0.2) is 0 Å². The molecule has 1 aliphatic carbocycles. The summed E-state index contributed by atoms with van der Waals surface area (Å²) in [4.78, 5) is 41.7. The van der Waals surface area contributed by atoms with Crippen molar-refractivity contribution in [1.82, 2.24) is 15.5 Å². The lowest BCUT2D eigenvalue weighted by Crippen LogP contribution is -2.52. The van der Waals surface area contributed by atoms with Gasteiger partial charge in [-0.1, -0.05) is 57.2 Å². The molecule has 2 aromatic rings. The molecule has 7 nitrogen and oxygen atoms in total. The van der Waals surface area contributed by atoms with Gasteiger partial charge in [0.25, 0.3) is 5.91 Å². The summed E-state index contributed by atoms with van der Waals surface area (Å²) in [7, 11) is 0. The second-order valence-corrected chi connectivity index (χ2v) is 10.3. The number of hydrogen-bond donors (Lipinski definition) is 2. The lowest BCUT2D eigenvalue weighted by atomic mass is 9.84. The first-order valence-corrected chi connectivity index (χ1v) is 13.3. The van der Waals surface area contributed by atoms with E-state index in [0.29, 0.717) is 36.9 Å². The number of carbonyl (C=O) groups is 3. The molecule has 35 heavy (non-hydrogen) atoms. The number of ketones is 1. The van der Waals surface area contributed by atoms with Crippen LogP contribution >= 0.6 is 0 Å². The summed E-state index contributed by atoms with van der Waals surface area (Å²) < 4.78 is 5.73. The first-order chi connectivity index (χ1) is 16.9. The second kappa shape index (κ2) is 11.8. The molecule has 2 heterocycles. The Bertz CT molecular complexity index is 993. The van der Waals surface area contributed by atoms with Crippen LogP contribution in [0.2, 0.25) is 0 Å². The molecule has 0 radical (unpaired) electrons. The van der Waals surface area contributed by atoms with Crippen LogP contribution in [0, 0.1) is 5.92 Å². The van der Waals surface area contributed by atoms with Crippen LogP contribution in [0.3, 0.4) is 0 Å². The average molecular weight is 482 g/mol. The van der Waals surface area contributed by atoms with Gasteiger partial charge in [0.05, 0.1) is 12.6 Å². The summed E-state index contributed by atoms with van der Waals surface area (Å²) in [5.41, 5.74) is 0.640. The number of carbonyl (C=O) groups excluding carboxylic acids is 3. The Morgan fingerprint density at radius 1 is 1.11 bits per heavy atom. The quantitative estimate of drug-likeness (QED) is 0.581. The van der Waals surface area contributed by atoms with Crippen LogP contribution in [0.15, 0.2) is 34.7 Å². The lowest BCUT2D eigenvalue weighted by Gasteiger charge is -2.27. The zero-order valence-electron chi connectivity index (χ0n) is 21.1. The van der Waals surface area contributed by atoms with Crippen LogP contribution in [-0.2, 0) is 9.59 Å². The van der Waals surface area contributed by atoms with Crippen molar-refractivity contribution in [3.8, 4) is 0 Å². The number of fused-ring (bicyclic) bond motifs is 1. The van der Waals surface area contributed by atoms with Gasteiger partial charge in [0.2, 0.25) is 5.91 Å². The standard InChI is InChI=1S/C28H39N3O4/c1-3-15-31-18-24(32)22(14-13-19(31)2)29-27(33)23(16-20-9-5-4-6-10-20)30-28(34)26-17-21-11-7-8-12-25(21)35-26/h7-8,11-12,17,19-20,22-23H,3-6,9-10,13-16,18H2,1-2H3,(H,29,33)(H,30,34). The zero-order chi connectivity index (χ0) is 24.8. The van der Waals surface area contributed by atoms with Gasteiger partial charge in [0, 0.05) is 11.4 Å². The molecule has 0 bridgehead atoms. The van der Waals surface area contributed by atoms with Crippen molar-refractivity contribution in [2.24, 2.45) is 5.92 Å². The Labute approximate surface area is 208 Å². The van der Waals surface area contributed by atoms with E-state index in [9.17, 15) is 14.4 Å². The fourth-order valence-corrected chi connectivity index (χ4v) is 5.54. The highest BCUT2D eigenvalue weighted by atomic mass is 16.3. The highest BCUT2D eigenvalue weighted by Crippen LogP contribution is 2.28. The molecule has 3 unspecified atom stereocenters. The largest absolute Gasteiger partial charge is 0.451 e. The zero-order valence-corrected chi connectivity index (χ0v) is 21.1. The lowest BCUT2D eigenvalue weighted by molar-refractivity contribution is -0.129. The third-order valence-corrected chi connectivity index (χ3v) is 7.64. The number of amides is 2. The number of benzene rings is 1. The van der Waals surface area contributed by atoms with E-state index in [1.807, 2.05) is 24.3 Å². The molecule has 1 aliphatic heterocycles. The topological polar surface area (TPSA) is 91.7 Å². The molecule has 2 N–H and O–H groups in total. The molecule has 1 aromatic heterocycles. The first-order valence-electron chi connectivity index (χ1n) is 13.3. The van der Waals surface area contributed by atoms with Crippen molar-refractivity contribution in [2.75, 3.05) is 13.1 Å². The normalized spacial score (nSPS) is 23.1. The summed E-state index contributed by atoms with van der Waals surface area (Å²) in [6, 6.07) is 8.28. The average Bonchev–Trinajstić information content (AvgIpc) is 3.25. The molecule has 1 saturated heterocycles. The van der Waals surface area contributed by atoms with Crippen molar-refractivity contribution in [3.63, 3.8) is 0 Å². The van der Waals surface area contributed by atoms with Crippen LogP contribution in [0.1, 0.15) is 82.2 Å². The van der Waals surface area contributed by atoms with E-state index in [1.165, 1.54) is 6.42 Å². The maximum absolute atomic E-state index is 13.4. The molecule has 1 aromatic carbocycles. The molecule has 2 aliphatic rings. The van der Waals surface area contributed by atoms with Crippen molar-refractivity contribution in [2.45, 2.75) is 89.8 Å². The molecular weight excluding hydrogens is 442 g/mol. The van der Waals surface area contributed by atoms with Gasteiger partial charge < -0.3 is 15.1 Å². The van der Waals surface area contributed by atoms with Crippen LogP contribution in [0.25, 0.3) is 11.0 Å². The van der Waals surface area contributed by atoms with E-state index in [0.717, 1.165) is 50.5 Å². The minimum atomic E-state index is -0.695. The number of nitrogens with zero attached hydrogens (tertiary/aromatic N) is 1. The molecule has 3 atom stereocenters. The Morgan fingerprint density at radius 3 is 2.63 bits per heavy atom. The highest BCUT2D eigenvalue weighted by molar-refractivity contribution is 5.99. The Balaban J connectivity index is 1.46. The number of Topliss-reactive ketones (excluding diaryl/α,β-unsaturated/α-hetero) is 1. The molecule has 2 fully saturated rings. The molecule has 7 heteroatoms. The summed E-state index contributed by atoms with van der Waals surface area (Å²) in [6.07, 6.45) is 8.72. The van der Waals surface area contributed by atoms with E-state index in [1.54, 1.807) is 6.07 Å². The van der Waals surface area contributed by atoms with Crippen molar-refractivity contribution in [1.29, 1.82) is 0 Å². The summed E-state index contributed by atoms with van der Waals surface area (Å²) >= 11 is 0. The van der Waals surface area contributed by atoms with E-state index >= 15 is 0 Å². The predicted octanol–water partition coefficient (Wildman–Crippen LogP) is 4.45. The van der Waals surface area contributed by atoms with E-state index in [4.69, 9.17) is 4.42 Å². The first kappa shape index (κ1) is 25.4. The van der Waals surface area contributed by atoms with E-state index in [2.05, 4.69) is 29.4 Å². The Kier molecular flexibility index (Phi) is 8.60. The van der Waals surface area contributed by atoms with Gasteiger partial charge in [-0.3, -0.25) is 19.3 Å². The van der Waals surface area contributed by atoms with Gasteiger partial charge in [-0.05, 0) is 57.2 Å². The Hall–Kier alpha value is -2.67. The van der Waals surface area contributed by atoms with Crippen molar-refractivity contribution < 1.29 is 18.8 Å². The van der Waals surface area contributed by atoms with E-state index in [-0.39, 0.29) is 17.5 Å². The monoisotopic (exact) mass is 481 g/mol. The van der Waals surface area contributed by atoms with Gasteiger partial charge in [0.15, 0.2) is 11.5 Å². The van der Waals surface area contributed by atoms with Gasteiger partial charge in [0.1, 0.15) is 11.6 Å². The van der Waals surface area contributed by atoms with Crippen molar-refractivity contribution in [3.05, 3.63) is 36.1 Å². The van der Waals surface area contributed by atoms with Gasteiger partial charge in [-0.2, -0.15) is 0 Å². The van der Waals surface area contributed by atoms with Crippen molar-refractivity contribution >= 4 is 28.6 Å². The van der Waals surface area contributed by atoms with Crippen LogP contribution in [0.5, 0.6) is 0 Å².